The van der Waals surface area contributed by atoms with Crippen LogP contribution < -0.4 is 0 Å². The van der Waals surface area contributed by atoms with Crippen LogP contribution in [0.1, 0.15) is 0 Å². The molecule has 0 aliphatic rings. The van der Waals surface area contributed by atoms with Crippen molar-refractivity contribution in [1.82, 2.24) is 0 Å². The monoisotopic (exact) mass is 330 g/mol. The first-order valence-electron chi connectivity index (χ1n) is 6.69. The predicted octanol–water partition coefficient (Wildman–Crippen LogP) is 0.419. The van der Waals surface area contributed by atoms with Gasteiger partial charge in [0.2, 0.25) is 0 Å². The zero-order valence-corrected chi connectivity index (χ0v) is 13.5. The van der Waals surface area contributed by atoms with Crippen molar-refractivity contribution < 1.29 is 29.2 Å². The van der Waals surface area contributed by atoms with E-state index in [2.05, 4.69) is 0 Å². The van der Waals surface area contributed by atoms with Gasteiger partial charge in [0.05, 0.1) is 66.1 Å². The highest BCUT2D eigenvalue weighted by Gasteiger charge is 1.94. The minimum absolute atomic E-state index is 0.0577. The summed E-state index contributed by atoms with van der Waals surface area (Å²) in [7, 11) is 3.52. The molecule has 0 unspecified atom stereocenters. The first-order valence-corrected chi connectivity index (χ1v) is 9.17. The lowest BCUT2D eigenvalue weighted by atomic mass is 10.7. The van der Waals surface area contributed by atoms with Crippen LogP contribution in [0.3, 0.4) is 0 Å². The molecule has 0 aromatic carbocycles. The lowest BCUT2D eigenvalue weighted by molar-refractivity contribution is 0.0376. The summed E-state index contributed by atoms with van der Waals surface area (Å²) >= 11 is 0. The van der Waals surface area contributed by atoms with Gasteiger partial charge in [0, 0.05) is 11.5 Å². The van der Waals surface area contributed by atoms with E-state index in [1.54, 1.807) is 21.6 Å². The van der Waals surface area contributed by atoms with Crippen molar-refractivity contribution in [2.24, 2.45) is 0 Å². The van der Waals surface area contributed by atoms with Crippen molar-refractivity contribution in [1.29, 1.82) is 0 Å². The third-order valence-electron chi connectivity index (χ3n) is 1.92. The van der Waals surface area contributed by atoms with Crippen molar-refractivity contribution in [2.75, 3.05) is 77.6 Å². The molecule has 20 heavy (non-hydrogen) atoms. The normalized spacial score (nSPS) is 11.1. The summed E-state index contributed by atoms with van der Waals surface area (Å²) in [5.41, 5.74) is 0. The summed E-state index contributed by atoms with van der Waals surface area (Å²) in [6.45, 7) is 4.48. The third kappa shape index (κ3) is 18.5. The van der Waals surface area contributed by atoms with Gasteiger partial charge in [0.25, 0.3) is 0 Å². The van der Waals surface area contributed by atoms with E-state index in [0.717, 1.165) is 11.5 Å². The largest absolute Gasteiger partial charge is 0.394 e. The molecule has 0 saturated heterocycles. The van der Waals surface area contributed by atoms with Crippen molar-refractivity contribution in [2.45, 2.75) is 0 Å². The second-order valence-corrected chi connectivity index (χ2v) is 6.24. The van der Waals surface area contributed by atoms with Gasteiger partial charge in [-0.15, -0.1) is 0 Å². The highest BCUT2D eigenvalue weighted by atomic mass is 33.1. The van der Waals surface area contributed by atoms with Crippen molar-refractivity contribution >= 4 is 21.6 Å². The molecule has 122 valence electrons. The van der Waals surface area contributed by atoms with Crippen LogP contribution in [0.5, 0.6) is 0 Å². The van der Waals surface area contributed by atoms with Crippen LogP contribution >= 0.6 is 21.6 Å². The van der Waals surface area contributed by atoms with Crippen LogP contribution in [-0.4, -0.2) is 87.8 Å². The SMILES string of the molecule is OCCOCCOCCSSCCOCCOCCO. The van der Waals surface area contributed by atoms with Gasteiger partial charge in [0.1, 0.15) is 0 Å². The second kappa shape index (κ2) is 19.5. The summed E-state index contributed by atoms with van der Waals surface area (Å²) in [6, 6.07) is 0. The molecular weight excluding hydrogens is 304 g/mol. The molecule has 0 aliphatic heterocycles. The van der Waals surface area contributed by atoms with Crippen LogP contribution in [0.25, 0.3) is 0 Å². The molecule has 0 aromatic heterocycles. The molecule has 0 bridgehead atoms. The molecular formula is C12H26O6S2. The van der Waals surface area contributed by atoms with Crippen molar-refractivity contribution in [3.8, 4) is 0 Å². The van der Waals surface area contributed by atoms with E-state index in [9.17, 15) is 0 Å². The Kier molecular flexibility index (Phi) is 19.9. The van der Waals surface area contributed by atoms with Gasteiger partial charge in [-0.3, -0.25) is 0 Å². The van der Waals surface area contributed by atoms with Crippen LogP contribution in [-0.2, 0) is 18.9 Å². The van der Waals surface area contributed by atoms with E-state index in [1.807, 2.05) is 0 Å². The number of aliphatic hydroxyl groups excluding tert-OH is 2. The molecule has 0 amide bonds. The Morgan fingerprint density at radius 2 is 0.850 bits per heavy atom. The number of aliphatic hydroxyl groups is 2. The van der Waals surface area contributed by atoms with E-state index < -0.39 is 0 Å². The number of hydrogen-bond donors (Lipinski definition) is 2. The average Bonchev–Trinajstić information content (AvgIpc) is 2.47. The molecule has 0 aromatic rings. The Labute approximate surface area is 128 Å². The fourth-order valence-corrected chi connectivity index (χ4v) is 2.80. The van der Waals surface area contributed by atoms with Crippen LogP contribution in [0.15, 0.2) is 0 Å². The van der Waals surface area contributed by atoms with Gasteiger partial charge in [-0.25, -0.2) is 0 Å². The van der Waals surface area contributed by atoms with Gasteiger partial charge in [-0.1, -0.05) is 21.6 Å². The summed E-state index contributed by atoms with van der Waals surface area (Å²) in [4.78, 5) is 0. The lowest BCUT2D eigenvalue weighted by Gasteiger charge is -2.05. The Balaban J connectivity index is 2.89. The minimum atomic E-state index is 0.0577. The lowest BCUT2D eigenvalue weighted by Crippen LogP contribution is -2.09. The Morgan fingerprint density at radius 1 is 0.500 bits per heavy atom. The summed E-state index contributed by atoms with van der Waals surface area (Å²) in [5, 5.41) is 17.0. The molecule has 0 fully saturated rings. The maximum atomic E-state index is 8.48. The van der Waals surface area contributed by atoms with Crippen molar-refractivity contribution in [3.05, 3.63) is 0 Å². The van der Waals surface area contributed by atoms with Gasteiger partial charge >= 0.3 is 0 Å². The summed E-state index contributed by atoms with van der Waals surface area (Å²) < 4.78 is 20.8. The molecule has 0 rings (SSSR count). The van der Waals surface area contributed by atoms with E-state index in [1.165, 1.54) is 0 Å². The van der Waals surface area contributed by atoms with Gasteiger partial charge in [-0.2, -0.15) is 0 Å². The topological polar surface area (TPSA) is 77.4 Å². The van der Waals surface area contributed by atoms with Gasteiger partial charge < -0.3 is 29.2 Å². The van der Waals surface area contributed by atoms with Gasteiger partial charge in [-0.05, 0) is 0 Å². The molecule has 0 saturated carbocycles. The number of rotatable bonds is 17. The number of hydrogen-bond acceptors (Lipinski definition) is 8. The first-order chi connectivity index (χ1) is 9.91. The quantitative estimate of drug-likeness (QED) is 0.293. The first kappa shape index (κ1) is 20.5. The van der Waals surface area contributed by atoms with Gasteiger partial charge in [0.15, 0.2) is 0 Å². The molecule has 0 atom stereocenters. The third-order valence-corrected chi connectivity index (χ3v) is 4.25. The molecule has 8 heteroatoms. The maximum Gasteiger partial charge on any atom is 0.0701 e. The Bertz CT molecular complexity index is 158. The van der Waals surface area contributed by atoms with E-state index in [0.29, 0.717) is 52.9 Å². The maximum absolute atomic E-state index is 8.48. The second-order valence-electron chi connectivity index (χ2n) is 3.54. The Hall–Kier alpha value is 0.460. The highest BCUT2D eigenvalue weighted by Crippen LogP contribution is 2.20. The summed E-state index contributed by atoms with van der Waals surface area (Å²) in [5.74, 6) is 1.87. The van der Waals surface area contributed by atoms with E-state index >= 15 is 0 Å². The van der Waals surface area contributed by atoms with Crippen LogP contribution in [0.2, 0.25) is 0 Å². The van der Waals surface area contributed by atoms with Crippen LogP contribution in [0, 0.1) is 0 Å². The highest BCUT2D eigenvalue weighted by molar-refractivity contribution is 8.76. The molecule has 0 heterocycles. The average molecular weight is 330 g/mol. The molecule has 0 spiro atoms. The predicted molar refractivity (Wildman–Crippen MR) is 82.4 cm³/mol. The fraction of sp³-hybridized carbons (Fsp3) is 1.00. The fourth-order valence-electron chi connectivity index (χ4n) is 1.08. The summed E-state index contributed by atoms with van der Waals surface area (Å²) in [6.07, 6.45) is 0. The molecule has 2 N–H and O–H groups in total. The van der Waals surface area contributed by atoms with Crippen molar-refractivity contribution in [3.63, 3.8) is 0 Å². The zero-order chi connectivity index (χ0) is 14.7. The van der Waals surface area contributed by atoms with E-state index in [-0.39, 0.29) is 13.2 Å². The molecule has 0 aliphatic carbocycles. The minimum Gasteiger partial charge on any atom is -0.394 e. The van der Waals surface area contributed by atoms with E-state index in [4.69, 9.17) is 29.2 Å². The number of ether oxygens (including phenoxy) is 4. The zero-order valence-electron chi connectivity index (χ0n) is 11.8. The van der Waals surface area contributed by atoms with Crippen LogP contribution in [0.4, 0.5) is 0 Å². The molecule has 6 nitrogen and oxygen atoms in total. The standard InChI is InChI=1S/C12H26O6S2/c13-1-3-15-5-7-17-9-11-19-20-12-10-18-8-6-16-4-2-14/h13-14H,1-12H2. The Morgan fingerprint density at radius 3 is 1.20 bits per heavy atom. The smallest absolute Gasteiger partial charge is 0.0701 e. The molecule has 0 radical (unpaired) electrons.